The van der Waals surface area contributed by atoms with E-state index in [4.69, 9.17) is 0 Å². The lowest BCUT2D eigenvalue weighted by Crippen LogP contribution is -2.55. The van der Waals surface area contributed by atoms with E-state index in [9.17, 15) is 50.6 Å². The lowest BCUT2D eigenvalue weighted by Gasteiger charge is -2.23. The summed E-state index contributed by atoms with van der Waals surface area (Å²) < 4.78 is -2.84. The molecule has 0 aromatic heterocycles. The fourth-order valence-electron chi connectivity index (χ4n) is 1.61. The van der Waals surface area contributed by atoms with Gasteiger partial charge in [-0.1, -0.05) is 0 Å². The lowest BCUT2D eigenvalue weighted by molar-refractivity contribution is -0.809. The molecule has 0 bridgehead atoms. The van der Waals surface area contributed by atoms with Crippen molar-refractivity contribution in [1.82, 2.24) is 0 Å². The summed E-state index contributed by atoms with van der Waals surface area (Å²) in [4.78, 5) is 47.6. The lowest BCUT2D eigenvalue weighted by atomic mass is 9.95. The van der Waals surface area contributed by atoms with Crippen LogP contribution >= 0.6 is 15.9 Å². The van der Waals surface area contributed by atoms with E-state index < -0.39 is 53.2 Å². The third kappa shape index (κ3) is 3.82. The van der Waals surface area contributed by atoms with Crippen LogP contribution in [0.3, 0.4) is 0 Å². The molecule has 0 aliphatic rings. The maximum atomic E-state index is 11.1. The van der Waals surface area contributed by atoms with Gasteiger partial charge in [0.2, 0.25) is 0 Å². The number of hydrogen-bond acceptors (Lipinski definition) is 10. The topological polar surface area (TPSA) is 216 Å². The smallest absolute Gasteiger partial charge is 0.263 e. The summed E-state index contributed by atoms with van der Waals surface area (Å²) in [5, 5.41) is 54.5. The largest absolute Gasteiger partial charge is 0.463 e. The van der Waals surface area contributed by atoms with E-state index in [1.54, 1.807) is 0 Å². The Morgan fingerprint density at radius 3 is 1.00 bits per heavy atom. The minimum Gasteiger partial charge on any atom is -0.263 e. The van der Waals surface area contributed by atoms with Crippen LogP contribution in [0.1, 0.15) is 26.7 Å². The number of hydrogen-bond donors (Lipinski definition) is 0. The monoisotopic (exact) mass is 403 g/mol. The predicted octanol–water partition coefficient (Wildman–Crippen LogP) is 0.674. The zero-order valence-electron chi connectivity index (χ0n) is 11.6. The molecule has 0 N–H and O–H groups in total. The van der Waals surface area contributed by atoms with Gasteiger partial charge < -0.3 is 0 Å². The fourth-order valence-corrected chi connectivity index (χ4v) is 2.67. The Kier molecular flexibility index (Phi) is 5.62. The maximum Gasteiger partial charge on any atom is 0.463 e. The van der Waals surface area contributed by atoms with E-state index in [2.05, 4.69) is 15.9 Å². The second kappa shape index (κ2) is 6.31. The Morgan fingerprint density at radius 1 is 0.652 bits per heavy atom. The van der Waals surface area contributed by atoms with Crippen molar-refractivity contribution in [2.75, 3.05) is 0 Å². The zero-order chi connectivity index (χ0) is 18.8. The highest BCUT2D eigenvalue weighted by molar-refractivity contribution is 9.10. The molecule has 0 radical (unpaired) electrons. The van der Waals surface area contributed by atoms with Crippen molar-refractivity contribution in [2.45, 2.75) is 42.5 Å². The molecule has 16 heteroatoms. The van der Waals surface area contributed by atoms with Crippen LogP contribution in [0.2, 0.25) is 0 Å². The fraction of sp³-hybridized carbons (Fsp3) is 1.00. The van der Waals surface area contributed by atoms with Gasteiger partial charge in [-0.25, -0.2) is 0 Å². The van der Waals surface area contributed by atoms with Gasteiger partial charge in [0.25, 0.3) is 0 Å². The molecule has 0 saturated carbocycles. The molecular weight excluding hydrogens is 394 g/mol. The molecule has 0 unspecified atom stereocenters. The molecule has 0 aliphatic carbocycles. The molecule has 15 nitrogen and oxygen atoms in total. The maximum absolute atomic E-state index is 11.1. The van der Waals surface area contributed by atoms with Gasteiger partial charge in [-0.3, -0.25) is 50.6 Å². The van der Waals surface area contributed by atoms with Crippen molar-refractivity contribution in [2.24, 2.45) is 0 Å². The van der Waals surface area contributed by atoms with Crippen molar-refractivity contribution in [3.63, 3.8) is 0 Å². The van der Waals surface area contributed by atoms with Gasteiger partial charge in [-0.2, -0.15) is 0 Å². The van der Waals surface area contributed by atoms with E-state index in [0.717, 1.165) is 0 Å². The summed E-state index contributed by atoms with van der Waals surface area (Å²) in [6, 6.07) is 0. The highest BCUT2D eigenvalue weighted by Crippen LogP contribution is 2.39. The number of alkyl halides is 1. The quantitative estimate of drug-likeness (QED) is 0.172. The average Bonchev–Trinajstić information content (AvgIpc) is 2.36. The van der Waals surface area contributed by atoms with Crippen LogP contribution in [0.15, 0.2) is 0 Å². The molecule has 0 aromatic carbocycles. The first-order valence-corrected chi connectivity index (χ1v) is 6.34. The van der Waals surface area contributed by atoms with Crippen LogP contribution in [0, 0.1) is 50.6 Å². The first-order valence-electron chi connectivity index (χ1n) is 5.55. The van der Waals surface area contributed by atoms with Crippen LogP contribution in [-0.4, -0.2) is 40.4 Å². The van der Waals surface area contributed by atoms with Gasteiger partial charge in [-0.15, -0.1) is 0 Å². The molecule has 130 valence electrons. The molecular formula is C7H10BrN5O10. The van der Waals surface area contributed by atoms with Gasteiger partial charge >= 0.3 is 15.8 Å². The van der Waals surface area contributed by atoms with Crippen molar-refractivity contribution >= 4 is 15.9 Å². The van der Waals surface area contributed by atoms with Gasteiger partial charge in [0.05, 0.1) is 33.5 Å². The normalized spacial score (nSPS) is 12.5. The Balaban J connectivity index is 6.01. The van der Waals surface area contributed by atoms with Gasteiger partial charge in [0.1, 0.15) is 0 Å². The van der Waals surface area contributed by atoms with Crippen molar-refractivity contribution in [3.05, 3.63) is 50.6 Å². The van der Waals surface area contributed by atoms with Crippen LogP contribution in [0.5, 0.6) is 0 Å². The minimum absolute atomic E-state index is 0.460. The van der Waals surface area contributed by atoms with Crippen molar-refractivity contribution < 1.29 is 24.6 Å². The number of halogens is 1. The van der Waals surface area contributed by atoms with E-state index in [-0.39, 0.29) is 0 Å². The second-order valence-corrected chi connectivity index (χ2v) is 6.47. The molecule has 0 heterocycles. The summed E-state index contributed by atoms with van der Waals surface area (Å²) in [7, 11) is 0. The summed E-state index contributed by atoms with van der Waals surface area (Å²) in [5.74, 6) is 0. The summed E-state index contributed by atoms with van der Waals surface area (Å²) >= 11 is 2.38. The Labute approximate surface area is 134 Å². The number of rotatable bonds is 9. The Bertz CT molecular complexity index is 510. The van der Waals surface area contributed by atoms with Crippen LogP contribution in [-0.2, 0) is 0 Å². The number of nitro groups is 5. The molecule has 0 aromatic rings. The molecule has 0 amide bonds. The number of nitrogens with zero attached hydrogens (tertiary/aromatic N) is 5. The van der Waals surface area contributed by atoms with E-state index >= 15 is 0 Å². The van der Waals surface area contributed by atoms with Gasteiger partial charge in [0.15, 0.2) is 12.8 Å². The molecule has 0 saturated heterocycles. The first-order chi connectivity index (χ1) is 10.1. The third-order valence-corrected chi connectivity index (χ3v) is 3.96. The molecule has 0 spiro atoms. The molecule has 0 atom stereocenters. The average molecular weight is 404 g/mol. The van der Waals surface area contributed by atoms with Crippen molar-refractivity contribution in [3.8, 4) is 0 Å². The van der Waals surface area contributed by atoms with Crippen LogP contribution in [0.4, 0.5) is 0 Å². The van der Waals surface area contributed by atoms with Crippen molar-refractivity contribution in [1.29, 1.82) is 0 Å². The Hall–Kier alpha value is -2.52. The van der Waals surface area contributed by atoms with Crippen LogP contribution < -0.4 is 0 Å². The summed E-state index contributed by atoms with van der Waals surface area (Å²) in [6.07, 6.45) is -2.91. The SMILES string of the molecule is CC(CC(Br)(CC(C)([N+](=O)[O-])[N+](=O)[O-])[N+](=O)[O-])([N+](=O)[O-])[N+](=O)[O-]. The van der Waals surface area contributed by atoms with E-state index in [1.807, 2.05) is 0 Å². The molecule has 0 rings (SSSR count). The summed E-state index contributed by atoms with van der Waals surface area (Å²) in [5.41, 5.74) is -6.16. The zero-order valence-corrected chi connectivity index (χ0v) is 13.2. The standard InChI is InChI=1S/C7H10BrN5O10/c1-5(9(14)15,10(16)17)3-7(8,13(22)23)4-6(2,11(18)19)12(20)21/h3-4H2,1-2H3. The van der Waals surface area contributed by atoms with Crippen LogP contribution in [0.25, 0.3) is 0 Å². The molecule has 23 heavy (non-hydrogen) atoms. The second-order valence-electron chi connectivity index (χ2n) is 4.99. The Morgan fingerprint density at radius 2 is 0.870 bits per heavy atom. The predicted molar refractivity (Wildman–Crippen MR) is 72.7 cm³/mol. The highest BCUT2D eigenvalue weighted by atomic mass is 79.9. The molecule has 0 fully saturated rings. The van der Waals surface area contributed by atoms with E-state index in [1.165, 1.54) is 0 Å². The summed E-state index contributed by atoms with van der Waals surface area (Å²) in [6.45, 7) is 0.921. The minimum atomic E-state index is -3.08. The van der Waals surface area contributed by atoms with Gasteiger partial charge in [-0.05, 0) is 0 Å². The third-order valence-electron chi connectivity index (χ3n) is 3.11. The first kappa shape index (κ1) is 20.5. The molecule has 0 aliphatic heterocycles. The van der Waals surface area contributed by atoms with E-state index in [0.29, 0.717) is 13.8 Å². The highest BCUT2D eigenvalue weighted by Gasteiger charge is 2.68. The van der Waals surface area contributed by atoms with Gasteiger partial charge in [0, 0.05) is 20.9 Å².